The van der Waals surface area contributed by atoms with Crippen LogP contribution in [0.5, 0.6) is 5.75 Å². The van der Waals surface area contributed by atoms with E-state index in [1.807, 2.05) is 0 Å². The summed E-state index contributed by atoms with van der Waals surface area (Å²) in [6, 6.07) is 18.9. The number of aromatic nitrogens is 2. The molecule has 2 N–H and O–H groups in total. The number of rotatable bonds is 5. The highest BCUT2D eigenvalue weighted by Gasteiger charge is 2.18. The number of nitro benzene ring substituents is 1. The number of amides is 1. The molecule has 4 rings (SSSR count). The van der Waals surface area contributed by atoms with Crippen LogP contribution in [0.1, 0.15) is 16.1 Å². The predicted octanol–water partition coefficient (Wildman–Crippen LogP) is 2.93. The first-order chi connectivity index (χ1) is 15.0. The molecule has 31 heavy (non-hydrogen) atoms. The number of fused-ring (bicyclic) bond motifs is 1. The lowest BCUT2D eigenvalue weighted by atomic mass is 10.1. The van der Waals surface area contributed by atoms with Crippen LogP contribution in [0.15, 0.2) is 77.6 Å². The van der Waals surface area contributed by atoms with E-state index in [1.54, 1.807) is 54.6 Å². The second-order valence-electron chi connectivity index (χ2n) is 6.70. The van der Waals surface area contributed by atoms with Crippen LogP contribution in [0.25, 0.3) is 16.5 Å². The number of para-hydroxylation sites is 1. The molecule has 0 radical (unpaired) electrons. The summed E-state index contributed by atoms with van der Waals surface area (Å²) in [5.74, 6) is -0.773. The van der Waals surface area contributed by atoms with Crippen molar-refractivity contribution in [3.8, 4) is 11.4 Å². The molecular formula is C22H16N4O5. The van der Waals surface area contributed by atoms with Crippen molar-refractivity contribution in [2.45, 2.75) is 6.54 Å². The molecule has 0 spiro atoms. The second-order valence-corrected chi connectivity index (χ2v) is 6.70. The Morgan fingerprint density at radius 1 is 1.03 bits per heavy atom. The smallest absolute Gasteiger partial charge is 0.279 e. The summed E-state index contributed by atoms with van der Waals surface area (Å²) >= 11 is 0. The highest BCUT2D eigenvalue weighted by atomic mass is 16.6. The number of hydrogen-bond acceptors (Lipinski definition) is 6. The van der Waals surface area contributed by atoms with Gasteiger partial charge in [-0.05, 0) is 24.3 Å². The SMILES string of the molecule is O=C(NCc1cc([N+](=O)[O-])ccc1O)c1nn(-c2ccccc2)c(=O)c2ccccc12. The van der Waals surface area contributed by atoms with Crippen LogP contribution in [0, 0.1) is 10.1 Å². The summed E-state index contributed by atoms with van der Waals surface area (Å²) in [6.45, 7) is -0.160. The van der Waals surface area contributed by atoms with Gasteiger partial charge in [0.15, 0.2) is 5.69 Å². The third-order valence-electron chi connectivity index (χ3n) is 4.73. The molecule has 1 amide bonds. The van der Waals surface area contributed by atoms with Crippen molar-refractivity contribution in [3.05, 3.63) is 105 Å². The Balaban J connectivity index is 1.73. The molecule has 3 aromatic carbocycles. The van der Waals surface area contributed by atoms with Crippen molar-refractivity contribution >= 4 is 22.4 Å². The molecule has 4 aromatic rings. The predicted molar refractivity (Wildman–Crippen MR) is 113 cm³/mol. The van der Waals surface area contributed by atoms with Gasteiger partial charge in [0.2, 0.25) is 0 Å². The lowest BCUT2D eigenvalue weighted by molar-refractivity contribution is -0.384. The first-order valence-corrected chi connectivity index (χ1v) is 9.27. The van der Waals surface area contributed by atoms with Gasteiger partial charge in [0.1, 0.15) is 5.75 Å². The third-order valence-corrected chi connectivity index (χ3v) is 4.73. The highest BCUT2D eigenvalue weighted by Crippen LogP contribution is 2.23. The fourth-order valence-electron chi connectivity index (χ4n) is 3.19. The first-order valence-electron chi connectivity index (χ1n) is 9.27. The number of carbonyl (C=O) groups excluding carboxylic acids is 1. The van der Waals surface area contributed by atoms with Crippen molar-refractivity contribution in [1.29, 1.82) is 0 Å². The maximum atomic E-state index is 13.0. The molecule has 1 heterocycles. The minimum Gasteiger partial charge on any atom is -0.508 e. The summed E-state index contributed by atoms with van der Waals surface area (Å²) in [7, 11) is 0. The van der Waals surface area contributed by atoms with E-state index in [0.717, 1.165) is 4.68 Å². The number of hydrogen-bond donors (Lipinski definition) is 2. The van der Waals surface area contributed by atoms with Crippen LogP contribution < -0.4 is 10.9 Å². The molecule has 0 aliphatic carbocycles. The Bertz CT molecular complexity index is 1370. The van der Waals surface area contributed by atoms with Gasteiger partial charge >= 0.3 is 0 Å². The Morgan fingerprint density at radius 2 is 1.71 bits per heavy atom. The normalized spacial score (nSPS) is 10.7. The van der Waals surface area contributed by atoms with E-state index in [-0.39, 0.29) is 34.8 Å². The standard InChI is InChI=1S/C22H16N4O5/c27-19-11-10-16(26(30)31)12-14(19)13-23-21(28)20-17-8-4-5-9-18(17)22(29)25(24-20)15-6-2-1-3-7-15/h1-12,27H,13H2,(H,23,28). The highest BCUT2D eigenvalue weighted by molar-refractivity contribution is 6.04. The largest absolute Gasteiger partial charge is 0.508 e. The van der Waals surface area contributed by atoms with Crippen LogP contribution in [-0.2, 0) is 6.54 Å². The Kier molecular flexibility index (Phi) is 5.15. The van der Waals surface area contributed by atoms with Crippen molar-refractivity contribution in [2.75, 3.05) is 0 Å². The minimum atomic E-state index is -0.591. The monoisotopic (exact) mass is 416 g/mol. The van der Waals surface area contributed by atoms with Gasteiger partial charge in [-0.2, -0.15) is 9.78 Å². The summed E-state index contributed by atoms with van der Waals surface area (Å²) in [5, 5.41) is 28.5. The van der Waals surface area contributed by atoms with Gasteiger partial charge in [0, 0.05) is 29.6 Å². The maximum absolute atomic E-state index is 13.0. The molecule has 1 aromatic heterocycles. The van der Waals surface area contributed by atoms with E-state index < -0.39 is 10.8 Å². The first kappa shape index (κ1) is 19.8. The molecule has 9 heteroatoms. The van der Waals surface area contributed by atoms with E-state index >= 15 is 0 Å². The third kappa shape index (κ3) is 3.84. The summed E-state index contributed by atoms with van der Waals surface area (Å²) in [4.78, 5) is 36.2. The van der Waals surface area contributed by atoms with Gasteiger partial charge in [-0.3, -0.25) is 19.7 Å². The number of nitrogens with one attached hydrogen (secondary N) is 1. The average molecular weight is 416 g/mol. The Labute approximate surface area is 175 Å². The molecule has 0 saturated carbocycles. The molecular weight excluding hydrogens is 400 g/mol. The quantitative estimate of drug-likeness (QED) is 0.380. The number of non-ortho nitro benzene ring substituents is 1. The van der Waals surface area contributed by atoms with Crippen molar-refractivity contribution < 1.29 is 14.8 Å². The number of carbonyl (C=O) groups is 1. The topological polar surface area (TPSA) is 127 Å². The molecule has 154 valence electrons. The molecule has 0 bridgehead atoms. The Morgan fingerprint density at radius 3 is 2.42 bits per heavy atom. The van der Waals surface area contributed by atoms with Gasteiger partial charge < -0.3 is 10.4 Å². The lowest BCUT2D eigenvalue weighted by Gasteiger charge is -2.12. The van der Waals surface area contributed by atoms with Crippen LogP contribution in [0.2, 0.25) is 0 Å². The Hall–Kier alpha value is -4.53. The van der Waals surface area contributed by atoms with Gasteiger partial charge in [0.05, 0.1) is 16.0 Å². The number of nitrogens with zero attached hydrogens (tertiary/aromatic N) is 3. The number of phenols is 1. The van der Waals surface area contributed by atoms with Gasteiger partial charge in [-0.15, -0.1) is 0 Å². The molecule has 0 aliphatic rings. The van der Waals surface area contributed by atoms with Crippen LogP contribution in [0.3, 0.4) is 0 Å². The molecule has 0 saturated heterocycles. The van der Waals surface area contributed by atoms with Crippen molar-refractivity contribution in [2.24, 2.45) is 0 Å². The molecule has 0 atom stereocenters. The van der Waals surface area contributed by atoms with E-state index in [2.05, 4.69) is 10.4 Å². The van der Waals surface area contributed by atoms with Crippen molar-refractivity contribution in [3.63, 3.8) is 0 Å². The fourth-order valence-corrected chi connectivity index (χ4v) is 3.19. The zero-order valence-corrected chi connectivity index (χ0v) is 16.1. The lowest BCUT2D eigenvalue weighted by Crippen LogP contribution is -2.29. The van der Waals surface area contributed by atoms with E-state index in [0.29, 0.717) is 16.5 Å². The zero-order chi connectivity index (χ0) is 22.0. The number of nitro groups is 1. The second kappa shape index (κ2) is 8.07. The molecule has 0 aliphatic heterocycles. The molecule has 0 fully saturated rings. The number of aromatic hydroxyl groups is 1. The van der Waals surface area contributed by atoms with Crippen LogP contribution in [-0.4, -0.2) is 25.7 Å². The number of phenolic OH excluding ortho intramolecular Hbond substituents is 1. The van der Waals surface area contributed by atoms with Gasteiger partial charge in [-0.25, -0.2) is 0 Å². The van der Waals surface area contributed by atoms with Gasteiger partial charge in [-0.1, -0.05) is 36.4 Å². The van der Waals surface area contributed by atoms with E-state index in [4.69, 9.17) is 0 Å². The summed E-state index contributed by atoms with van der Waals surface area (Å²) in [6.07, 6.45) is 0. The maximum Gasteiger partial charge on any atom is 0.279 e. The van der Waals surface area contributed by atoms with Crippen molar-refractivity contribution in [1.82, 2.24) is 15.1 Å². The average Bonchev–Trinajstić information content (AvgIpc) is 2.79. The van der Waals surface area contributed by atoms with E-state index in [9.17, 15) is 24.8 Å². The van der Waals surface area contributed by atoms with E-state index in [1.165, 1.54) is 18.2 Å². The van der Waals surface area contributed by atoms with Crippen LogP contribution >= 0.6 is 0 Å². The molecule has 9 nitrogen and oxygen atoms in total. The fraction of sp³-hybridized carbons (Fsp3) is 0.0455. The summed E-state index contributed by atoms with van der Waals surface area (Å²) < 4.78 is 1.15. The number of benzene rings is 3. The zero-order valence-electron chi connectivity index (χ0n) is 16.1. The van der Waals surface area contributed by atoms with Crippen LogP contribution in [0.4, 0.5) is 5.69 Å². The minimum absolute atomic E-state index is 0.0176. The summed E-state index contributed by atoms with van der Waals surface area (Å²) in [5.41, 5.74) is 0.133. The van der Waals surface area contributed by atoms with Gasteiger partial charge in [0.25, 0.3) is 17.2 Å². The molecule has 0 unspecified atom stereocenters.